The summed E-state index contributed by atoms with van der Waals surface area (Å²) >= 11 is 7.44. The maximum Gasteiger partial charge on any atom is 0.0931 e. The second kappa shape index (κ2) is 4.58. The van der Waals surface area contributed by atoms with Crippen LogP contribution in [-0.4, -0.2) is 0 Å². The molecule has 0 spiro atoms. The van der Waals surface area contributed by atoms with Crippen molar-refractivity contribution in [2.75, 3.05) is 0 Å². The Hall–Kier alpha value is -0.270. The van der Waals surface area contributed by atoms with Crippen LogP contribution in [0, 0.1) is 0 Å². The first kappa shape index (κ1) is 8.82. The molecule has 0 nitrogen and oxygen atoms in total. The van der Waals surface area contributed by atoms with Gasteiger partial charge in [0.1, 0.15) is 0 Å². The first-order valence-corrected chi connectivity index (χ1v) is 4.87. The maximum absolute atomic E-state index is 5.77. The van der Waals surface area contributed by atoms with Gasteiger partial charge in [-0.2, -0.15) is 0 Å². The van der Waals surface area contributed by atoms with Crippen molar-refractivity contribution >= 4 is 22.9 Å². The summed E-state index contributed by atoms with van der Waals surface area (Å²) in [5, 5.41) is 0. The van der Waals surface area contributed by atoms with Gasteiger partial charge in [0.25, 0.3) is 0 Å². The number of halogens is 1. The largest absolute Gasteiger partial charge is 0.128 e. The number of thiophene rings is 1. The number of hydrogen-bond donors (Lipinski definition) is 0. The Balaban J connectivity index is 2.38. The molecule has 0 unspecified atom stereocenters. The van der Waals surface area contributed by atoms with Gasteiger partial charge in [-0.25, -0.2) is 0 Å². The van der Waals surface area contributed by atoms with Crippen LogP contribution < -0.4 is 0 Å². The van der Waals surface area contributed by atoms with Crippen molar-refractivity contribution in [1.29, 1.82) is 0 Å². The minimum atomic E-state index is 0.889. The van der Waals surface area contributed by atoms with Crippen molar-refractivity contribution in [2.45, 2.75) is 19.8 Å². The van der Waals surface area contributed by atoms with Crippen LogP contribution in [0.15, 0.2) is 24.3 Å². The first-order chi connectivity index (χ1) is 5.33. The van der Waals surface area contributed by atoms with Crippen LogP contribution in [0.1, 0.15) is 18.2 Å². The molecule has 0 amide bonds. The summed E-state index contributed by atoms with van der Waals surface area (Å²) in [6, 6.07) is 4.05. The quantitative estimate of drug-likeness (QED) is 0.628. The second-order valence-electron chi connectivity index (χ2n) is 2.31. The lowest BCUT2D eigenvalue weighted by atomic mass is 10.2. The maximum atomic E-state index is 5.77. The van der Waals surface area contributed by atoms with Gasteiger partial charge in [0.2, 0.25) is 0 Å². The summed E-state index contributed by atoms with van der Waals surface area (Å²) < 4.78 is 0.889. The van der Waals surface area contributed by atoms with Gasteiger partial charge >= 0.3 is 0 Å². The fourth-order valence-corrected chi connectivity index (χ4v) is 1.98. The van der Waals surface area contributed by atoms with Crippen LogP contribution in [0.25, 0.3) is 0 Å². The molecule has 0 saturated carbocycles. The second-order valence-corrected chi connectivity index (χ2v) is 4.11. The van der Waals surface area contributed by atoms with Crippen LogP contribution in [0.5, 0.6) is 0 Å². The lowest BCUT2D eigenvalue weighted by Crippen LogP contribution is -1.74. The van der Waals surface area contributed by atoms with Gasteiger partial charge in [0, 0.05) is 4.88 Å². The molecule has 0 aliphatic carbocycles. The molecular weight excluding hydrogens is 176 g/mol. The van der Waals surface area contributed by atoms with E-state index in [4.69, 9.17) is 11.6 Å². The lowest BCUT2D eigenvalue weighted by molar-refractivity contribution is 1.02. The van der Waals surface area contributed by atoms with Crippen LogP contribution in [0.2, 0.25) is 4.34 Å². The molecule has 0 aliphatic rings. The lowest BCUT2D eigenvalue weighted by Gasteiger charge is -1.88. The van der Waals surface area contributed by atoms with Gasteiger partial charge in [-0.15, -0.1) is 11.3 Å². The zero-order chi connectivity index (χ0) is 8.10. The van der Waals surface area contributed by atoms with E-state index in [0.29, 0.717) is 0 Å². The Morgan fingerprint density at radius 1 is 1.55 bits per heavy atom. The predicted octanol–water partition coefficient (Wildman–Crippen LogP) is 3.91. The highest BCUT2D eigenvalue weighted by Crippen LogP contribution is 2.22. The highest BCUT2D eigenvalue weighted by atomic mass is 35.5. The minimum absolute atomic E-state index is 0.889. The van der Waals surface area contributed by atoms with E-state index in [9.17, 15) is 0 Å². The third-order valence-corrected chi connectivity index (χ3v) is 2.71. The number of aryl methyl sites for hydroxylation is 1. The molecule has 11 heavy (non-hydrogen) atoms. The fraction of sp³-hybridized carbons (Fsp3) is 0.333. The minimum Gasteiger partial charge on any atom is -0.128 e. The SMILES string of the molecule is C/C=C\CCc1ccc(Cl)s1. The molecule has 60 valence electrons. The average Bonchev–Trinajstić information content (AvgIpc) is 2.37. The van der Waals surface area contributed by atoms with Crippen molar-refractivity contribution < 1.29 is 0 Å². The molecule has 1 heterocycles. The predicted molar refractivity (Wildman–Crippen MR) is 52.5 cm³/mol. The molecular formula is C9H11ClS. The highest BCUT2D eigenvalue weighted by Gasteiger charge is 1.94. The number of hydrogen-bond acceptors (Lipinski definition) is 1. The Morgan fingerprint density at radius 3 is 2.91 bits per heavy atom. The highest BCUT2D eigenvalue weighted by molar-refractivity contribution is 7.16. The van der Waals surface area contributed by atoms with Gasteiger partial charge < -0.3 is 0 Å². The topological polar surface area (TPSA) is 0 Å². The van der Waals surface area contributed by atoms with Gasteiger partial charge in [0.15, 0.2) is 0 Å². The Kier molecular flexibility index (Phi) is 3.67. The van der Waals surface area contributed by atoms with Crippen molar-refractivity contribution in [1.82, 2.24) is 0 Å². The van der Waals surface area contributed by atoms with Crippen molar-refractivity contribution in [2.24, 2.45) is 0 Å². The van der Waals surface area contributed by atoms with E-state index in [-0.39, 0.29) is 0 Å². The molecule has 1 aromatic heterocycles. The van der Waals surface area contributed by atoms with E-state index in [1.165, 1.54) is 4.88 Å². The number of allylic oxidation sites excluding steroid dienone is 2. The zero-order valence-corrected chi connectivity index (χ0v) is 8.08. The summed E-state index contributed by atoms with van der Waals surface area (Å²) in [6.07, 6.45) is 6.48. The summed E-state index contributed by atoms with van der Waals surface area (Å²) in [4.78, 5) is 1.37. The molecule has 0 radical (unpaired) electrons. The first-order valence-electron chi connectivity index (χ1n) is 3.68. The molecule has 0 saturated heterocycles. The van der Waals surface area contributed by atoms with E-state index >= 15 is 0 Å². The van der Waals surface area contributed by atoms with Gasteiger partial charge in [0.05, 0.1) is 4.34 Å². The molecule has 1 rings (SSSR count). The molecule has 1 aromatic rings. The monoisotopic (exact) mass is 186 g/mol. The smallest absolute Gasteiger partial charge is 0.0931 e. The van der Waals surface area contributed by atoms with Crippen LogP contribution in [0.3, 0.4) is 0 Å². The fourth-order valence-electron chi connectivity index (χ4n) is 0.878. The molecule has 0 aromatic carbocycles. The summed E-state index contributed by atoms with van der Waals surface area (Å²) in [6.45, 7) is 2.04. The third-order valence-electron chi connectivity index (χ3n) is 1.42. The average molecular weight is 187 g/mol. The van der Waals surface area contributed by atoms with E-state index in [2.05, 4.69) is 18.2 Å². The van der Waals surface area contributed by atoms with E-state index < -0.39 is 0 Å². The molecule has 0 fully saturated rings. The van der Waals surface area contributed by atoms with Gasteiger partial charge in [-0.3, -0.25) is 0 Å². The Morgan fingerprint density at radius 2 is 2.36 bits per heavy atom. The third kappa shape index (κ3) is 3.08. The van der Waals surface area contributed by atoms with Crippen molar-refractivity contribution in [3.8, 4) is 0 Å². The van der Waals surface area contributed by atoms with Gasteiger partial charge in [-0.05, 0) is 31.9 Å². The summed E-state index contributed by atoms with van der Waals surface area (Å²) in [5.41, 5.74) is 0. The van der Waals surface area contributed by atoms with Crippen molar-refractivity contribution in [3.63, 3.8) is 0 Å². The zero-order valence-electron chi connectivity index (χ0n) is 6.51. The Labute approximate surface area is 76.5 Å². The normalized spacial score (nSPS) is 11.1. The van der Waals surface area contributed by atoms with E-state index in [0.717, 1.165) is 17.2 Å². The molecule has 0 N–H and O–H groups in total. The van der Waals surface area contributed by atoms with Gasteiger partial charge in [-0.1, -0.05) is 23.8 Å². The molecule has 0 atom stereocenters. The van der Waals surface area contributed by atoms with Crippen LogP contribution in [0.4, 0.5) is 0 Å². The summed E-state index contributed by atoms with van der Waals surface area (Å²) in [7, 11) is 0. The van der Waals surface area contributed by atoms with Crippen LogP contribution in [-0.2, 0) is 6.42 Å². The molecule has 2 heteroatoms. The van der Waals surface area contributed by atoms with E-state index in [1.54, 1.807) is 11.3 Å². The standard InChI is InChI=1S/C9H11ClS/c1-2-3-4-5-8-6-7-9(10)11-8/h2-3,6-7H,4-5H2,1H3/b3-2-. The summed E-state index contributed by atoms with van der Waals surface area (Å²) in [5.74, 6) is 0. The van der Waals surface area contributed by atoms with Crippen molar-refractivity contribution in [3.05, 3.63) is 33.5 Å². The Bertz CT molecular complexity index is 237. The number of rotatable bonds is 3. The van der Waals surface area contributed by atoms with Crippen LogP contribution >= 0.6 is 22.9 Å². The van der Waals surface area contributed by atoms with E-state index in [1.807, 2.05) is 13.0 Å². The molecule has 0 aliphatic heterocycles. The molecule has 0 bridgehead atoms.